The second kappa shape index (κ2) is 6.71. The van der Waals surface area contributed by atoms with Gasteiger partial charge >= 0.3 is 0 Å². The first-order valence-electron chi connectivity index (χ1n) is 3.45. The van der Waals surface area contributed by atoms with E-state index in [9.17, 15) is 4.79 Å². The van der Waals surface area contributed by atoms with Gasteiger partial charge in [0.25, 0.3) is 0 Å². The number of hydrogen-bond acceptors (Lipinski definition) is 2. The highest BCUT2D eigenvalue weighted by molar-refractivity contribution is 6.41. The van der Waals surface area contributed by atoms with Gasteiger partial charge in [0.05, 0.1) is 10.0 Å². The third-order valence-electron chi connectivity index (χ3n) is 1.03. The highest BCUT2D eigenvalue weighted by Gasteiger charge is 1.89. The van der Waals surface area contributed by atoms with Gasteiger partial charge in [0.1, 0.15) is 0 Å². The lowest BCUT2D eigenvalue weighted by molar-refractivity contribution is -0.119. The van der Waals surface area contributed by atoms with Gasteiger partial charge in [-0.2, -0.15) is 0 Å². The second-order valence-corrected chi connectivity index (χ2v) is 2.93. The minimum absolute atomic E-state index is 0.218. The third-order valence-corrected chi connectivity index (χ3v) is 1.78. The summed E-state index contributed by atoms with van der Waals surface area (Å²) in [5.41, 5.74) is 1.89. The van der Waals surface area contributed by atoms with Gasteiger partial charge < -0.3 is 0 Å². The van der Waals surface area contributed by atoms with Crippen molar-refractivity contribution in [1.82, 2.24) is 5.43 Å². The number of carbonyl (C=O) groups is 1. The van der Waals surface area contributed by atoms with Crippen molar-refractivity contribution >= 4 is 29.1 Å². The summed E-state index contributed by atoms with van der Waals surface area (Å²) in [5, 5.41) is 1.21. The van der Waals surface area contributed by atoms with Crippen LogP contribution in [0.2, 0.25) is 10.0 Å². The molecule has 1 aromatic carbocycles. The first-order chi connectivity index (χ1) is 6.07. The lowest BCUT2D eigenvalue weighted by atomic mass is 10.4. The van der Waals surface area contributed by atoms with E-state index < -0.39 is 0 Å². The van der Waals surface area contributed by atoms with Crippen LogP contribution in [0.15, 0.2) is 24.3 Å². The molecule has 1 amide bonds. The van der Waals surface area contributed by atoms with Crippen LogP contribution < -0.4 is 11.3 Å². The molecule has 0 unspecified atom stereocenters. The molecule has 0 aliphatic carbocycles. The van der Waals surface area contributed by atoms with Crippen LogP contribution >= 0.6 is 23.2 Å². The quantitative estimate of drug-likeness (QED) is 0.400. The number of hydrogen-bond donors (Lipinski definition) is 2. The van der Waals surface area contributed by atoms with Gasteiger partial charge in [0, 0.05) is 6.92 Å². The standard InChI is InChI=1S/C6H4Cl2.C2H6N2O/c7-5-3-1-2-4-6(5)8;1-2(5)4-3/h1-4H;3H2,1H3,(H,4,5). The molecule has 0 atom stereocenters. The molecule has 0 aromatic heterocycles. The minimum Gasteiger partial charge on any atom is -0.295 e. The smallest absolute Gasteiger partial charge is 0.230 e. The van der Waals surface area contributed by atoms with Crippen LogP contribution in [0.1, 0.15) is 6.92 Å². The topological polar surface area (TPSA) is 55.1 Å². The Kier molecular flexibility index (Phi) is 6.32. The fourth-order valence-corrected chi connectivity index (χ4v) is 0.711. The van der Waals surface area contributed by atoms with Gasteiger partial charge in [-0.05, 0) is 12.1 Å². The van der Waals surface area contributed by atoms with Gasteiger partial charge in [0.2, 0.25) is 5.91 Å². The average molecular weight is 221 g/mol. The summed E-state index contributed by atoms with van der Waals surface area (Å²) < 4.78 is 0. The second-order valence-electron chi connectivity index (χ2n) is 2.11. The molecule has 0 fully saturated rings. The van der Waals surface area contributed by atoms with Crippen molar-refractivity contribution in [3.05, 3.63) is 34.3 Å². The van der Waals surface area contributed by atoms with E-state index in [0.29, 0.717) is 10.0 Å². The fourth-order valence-electron chi connectivity index (χ4n) is 0.439. The molecule has 0 spiro atoms. The Morgan fingerprint density at radius 1 is 1.31 bits per heavy atom. The van der Waals surface area contributed by atoms with Gasteiger partial charge in [-0.25, -0.2) is 5.84 Å². The molecular formula is C8H10Cl2N2O. The summed E-state index contributed by atoms with van der Waals surface area (Å²) in [7, 11) is 0. The molecule has 0 saturated carbocycles. The Morgan fingerprint density at radius 2 is 1.62 bits per heavy atom. The summed E-state index contributed by atoms with van der Waals surface area (Å²) in [6, 6.07) is 7.19. The number of carbonyl (C=O) groups excluding carboxylic acids is 1. The Balaban J connectivity index is 0.000000252. The molecule has 1 rings (SSSR count). The normalized spacial score (nSPS) is 8.31. The van der Waals surface area contributed by atoms with E-state index in [1.807, 2.05) is 17.6 Å². The van der Waals surface area contributed by atoms with Crippen molar-refractivity contribution in [3.8, 4) is 0 Å². The number of nitrogens with one attached hydrogen (secondary N) is 1. The highest BCUT2D eigenvalue weighted by atomic mass is 35.5. The van der Waals surface area contributed by atoms with Gasteiger partial charge in [-0.1, -0.05) is 35.3 Å². The molecule has 5 heteroatoms. The monoisotopic (exact) mass is 220 g/mol. The van der Waals surface area contributed by atoms with Gasteiger partial charge in [0.15, 0.2) is 0 Å². The maximum atomic E-state index is 9.58. The first kappa shape index (κ1) is 12.2. The molecule has 0 bridgehead atoms. The van der Waals surface area contributed by atoms with Crippen LogP contribution in [0.3, 0.4) is 0 Å². The van der Waals surface area contributed by atoms with Crippen molar-refractivity contribution in [2.75, 3.05) is 0 Å². The van der Waals surface area contributed by atoms with E-state index in [2.05, 4.69) is 5.84 Å². The van der Waals surface area contributed by atoms with Crippen molar-refractivity contribution in [1.29, 1.82) is 0 Å². The molecule has 0 heterocycles. The predicted molar refractivity (Wildman–Crippen MR) is 54.5 cm³/mol. The number of nitrogens with two attached hydrogens (primary N) is 1. The SMILES string of the molecule is CC(=O)NN.Clc1ccccc1Cl. The molecule has 0 saturated heterocycles. The summed E-state index contributed by atoms with van der Waals surface area (Å²) in [6.45, 7) is 1.35. The summed E-state index contributed by atoms with van der Waals surface area (Å²) in [6.07, 6.45) is 0. The number of amides is 1. The molecule has 1 aromatic rings. The Bertz CT molecular complexity index is 258. The van der Waals surface area contributed by atoms with E-state index >= 15 is 0 Å². The summed E-state index contributed by atoms with van der Waals surface area (Å²) in [5.74, 6) is 4.35. The van der Waals surface area contributed by atoms with Crippen LogP contribution in [0.25, 0.3) is 0 Å². The number of hydrazine groups is 1. The van der Waals surface area contributed by atoms with E-state index in [-0.39, 0.29) is 5.91 Å². The van der Waals surface area contributed by atoms with Crippen LogP contribution in [0.5, 0.6) is 0 Å². The molecule has 3 nitrogen and oxygen atoms in total. The van der Waals surface area contributed by atoms with Crippen LogP contribution in [-0.2, 0) is 4.79 Å². The largest absolute Gasteiger partial charge is 0.295 e. The predicted octanol–water partition coefficient (Wildman–Crippen LogP) is 1.99. The van der Waals surface area contributed by atoms with Crippen LogP contribution in [0, 0.1) is 0 Å². The Hall–Kier alpha value is -0.770. The Morgan fingerprint density at radius 3 is 1.77 bits per heavy atom. The number of benzene rings is 1. The lowest BCUT2D eigenvalue weighted by Gasteiger charge is -1.88. The highest BCUT2D eigenvalue weighted by Crippen LogP contribution is 2.19. The van der Waals surface area contributed by atoms with Crippen LogP contribution in [0.4, 0.5) is 0 Å². The summed E-state index contributed by atoms with van der Waals surface area (Å²) in [4.78, 5) is 9.58. The maximum Gasteiger partial charge on any atom is 0.230 e. The molecule has 0 radical (unpaired) electrons. The molecule has 3 N–H and O–H groups in total. The lowest BCUT2D eigenvalue weighted by Crippen LogP contribution is -2.26. The summed E-state index contributed by atoms with van der Waals surface area (Å²) >= 11 is 11.2. The molecule has 72 valence electrons. The molecule has 0 aliphatic rings. The van der Waals surface area contributed by atoms with E-state index in [1.54, 1.807) is 12.1 Å². The molecular weight excluding hydrogens is 211 g/mol. The van der Waals surface area contributed by atoms with Crippen molar-refractivity contribution < 1.29 is 4.79 Å². The number of halogens is 2. The third kappa shape index (κ3) is 6.40. The average Bonchev–Trinajstić information content (AvgIpc) is 2.11. The number of rotatable bonds is 0. The zero-order valence-corrected chi connectivity index (χ0v) is 8.56. The molecule has 0 aliphatic heterocycles. The van der Waals surface area contributed by atoms with Crippen molar-refractivity contribution in [2.24, 2.45) is 5.84 Å². The minimum atomic E-state index is -0.218. The fraction of sp³-hybridized carbons (Fsp3) is 0.125. The van der Waals surface area contributed by atoms with Crippen molar-refractivity contribution in [2.45, 2.75) is 6.92 Å². The zero-order valence-electron chi connectivity index (χ0n) is 7.05. The van der Waals surface area contributed by atoms with Crippen molar-refractivity contribution in [3.63, 3.8) is 0 Å². The van der Waals surface area contributed by atoms with E-state index in [4.69, 9.17) is 23.2 Å². The first-order valence-corrected chi connectivity index (χ1v) is 4.20. The van der Waals surface area contributed by atoms with Gasteiger partial charge in [-0.15, -0.1) is 0 Å². The van der Waals surface area contributed by atoms with Crippen LogP contribution in [-0.4, -0.2) is 5.91 Å². The Labute approximate surface area is 86.8 Å². The zero-order chi connectivity index (χ0) is 10.3. The maximum absolute atomic E-state index is 9.58. The van der Waals surface area contributed by atoms with E-state index in [1.165, 1.54) is 6.92 Å². The van der Waals surface area contributed by atoms with Gasteiger partial charge in [-0.3, -0.25) is 10.2 Å². The molecule has 13 heavy (non-hydrogen) atoms. The van der Waals surface area contributed by atoms with E-state index in [0.717, 1.165) is 0 Å².